The normalized spacial score (nSPS) is 11.5. The minimum absolute atomic E-state index is 0. The van der Waals surface area contributed by atoms with Crippen LogP contribution in [0.2, 0.25) is 0 Å². The van der Waals surface area contributed by atoms with E-state index in [1.165, 1.54) is 33.5 Å². The Balaban J connectivity index is 0.000000402. The maximum atomic E-state index is 11.2. The summed E-state index contributed by atoms with van der Waals surface area (Å²) >= 11 is 0. The second-order valence-corrected chi connectivity index (χ2v) is 10.9. The number of carbonyl (C=O) groups is 1. The molecule has 0 aliphatic rings. The average Bonchev–Trinajstić information content (AvgIpc) is 2.71. The molecule has 197 valence electrons. The van der Waals surface area contributed by atoms with E-state index in [1.54, 1.807) is 0 Å². The maximum absolute atomic E-state index is 11.2. The van der Waals surface area contributed by atoms with E-state index in [0.717, 1.165) is 17.5 Å². The number of allylic oxidation sites excluding steroid dienone is 2. The summed E-state index contributed by atoms with van der Waals surface area (Å²) in [5.74, 6) is 1.64. The number of carbonyl (C=O) groups excluding carboxylic acids is 1. The number of ketones is 1. The first-order valence-electron chi connectivity index (χ1n) is 12.8. The third kappa shape index (κ3) is 10.8. The maximum Gasteiger partial charge on any atom is 0.159 e. The first-order valence-corrected chi connectivity index (χ1v) is 12.8. The molecule has 3 rings (SSSR count). The Labute approximate surface area is 232 Å². The zero-order chi connectivity index (χ0) is 26.1. The van der Waals surface area contributed by atoms with Crippen LogP contribution in [0.4, 0.5) is 0 Å². The topological polar surface area (TPSA) is 37.3 Å². The molecule has 0 atom stereocenters. The summed E-state index contributed by atoms with van der Waals surface area (Å²) < 4.78 is 0. The monoisotopic (exact) mass is 663 g/mol. The molecule has 0 heterocycles. The van der Waals surface area contributed by atoms with Crippen molar-refractivity contribution in [3.8, 4) is 11.1 Å². The van der Waals surface area contributed by atoms with Crippen LogP contribution in [0, 0.1) is 43.7 Å². The van der Waals surface area contributed by atoms with Crippen LogP contribution in [0.1, 0.15) is 71.1 Å². The summed E-state index contributed by atoms with van der Waals surface area (Å²) in [4.78, 5) is 11.2. The minimum atomic E-state index is 0. The van der Waals surface area contributed by atoms with Crippen molar-refractivity contribution >= 4 is 16.6 Å². The van der Waals surface area contributed by atoms with Gasteiger partial charge in [-0.25, -0.2) is 5.56 Å². The minimum Gasteiger partial charge on any atom is -0.512 e. The van der Waals surface area contributed by atoms with E-state index in [4.69, 9.17) is 0 Å². The number of benzene rings is 3. The van der Waals surface area contributed by atoms with Crippen LogP contribution in [0.25, 0.3) is 21.9 Å². The van der Waals surface area contributed by atoms with E-state index in [2.05, 4.69) is 82.3 Å². The van der Waals surface area contributed by atoms with Crippen LogP contribution < -0.4 is 0 Å². The van der Waals surface area contributed by atoms with Crippen LogP contribution in [0.15, 0.2) is 54.3 Å². The van der Waals surface area contributed by atoms with E-state index >= 15 is 0 Å². The summed E-state index contributed by atoms with van der Waals surface area (Å²) in [6.07, 6.45) is 3.58. The molecular formula is C33H42IrO2-2. The Kier molecular flexibility index (Phi) is 13.4. The standard InChI is InChI=1S/C22H22.C11H20O2.Ir/c1-15(2)10-19-6-5-7-20-14-18(8-9-22(19)20)21-12-16(3)11-17(4)13-21;1-8(2)5-10(12)7-11(13)6-9(3)4;/h5-9,11-12,15H,10H2,1-4H3;7-9,12H,5-6H2,1-4H3;/q-2;;/b;10-7-;. The van der Waals surface area contributed by atoms with Gasteiger partial charge in [0.15, 0.2) is 5.78 Å². The molecule has 3 aromatic carbocycles. The zero-order valence-corrected chi connectivity index (χ0v) is 25.6. The molecule has 2 nitrogen and oxygen atoms in total. The van der Waals surface area contributed by atoms with Crippen LogP contribution >= 0.6 is 0 Å². The van der Waals surface area contributed by atoms with Gasteiger partial charge in [-0.3, -0.25) is 4.79 Å². The van der Waals surface area contributed by atoms with Crippen molar-refractivity contribution in [1.29, 1.82) is 0 Å². The molecule has 0 bridgehead atoms. The fourth-order valence-electron chi connectivity index (χ4n) is 4.21. The zero-order valence-electron chi connectivity index (χ0n) is 23.2. The van der Waals surface area contributed by atoms with Gasteiger partial charge in [-0.2, -0.15) is 29.8 Å². The van der Waals surface area contributed by atoms with Crippen molar-refractivity contribution in [1.82, 2.24) is 0 Å². The van der Waals surface area contributed by atoms with Gasteiger partial charge in [0.2, 0.25) is 0 Å². The summed E-state index contributed by atoms with van der Waals surface area (Å²) in [7, 11) is 0. The van der Waals surface area contributed by atoms with Crippen molar-refractivity contribution in [2.24, 2.45) is 17.8 Å². The average molecular weight is 663 g/mol. The molecule has 1 N–H and O–H groups in total. The molecule has 36 heavy (non-hydrogen) atoms. The van der Waals surface area contributed by atoms with E-state index < -0.39 is 0 Å². The van der Waals surface area contributed by atoms with E-state index in [1.807, 2.05) is 27.7 Å². The number of fused-ring (bicyclic) bond motifs is 1. The number of aliphatic hydroxyl groups is 1. The molecule has 3 heteroatoms. The van der Waals surface area contributed by atoms with Crippen LogP contribution in [-0.4, -0.2) is 10.9 Å². The molecule has 0 spiro atoms. The second-order valence-electron chi connectivity index (χ2n) is 10.9. The Hall–Kier alpha value is -2.22. The molecule has 0 saturated carbocycles. The molecule has 0 unspecified atom stereocenters. The van der Waals surface area contributed by atoms with Gasteiger partial charge in [0.25, 0.3) is 0 Å². The van der Waals surface area contributed by atoms with Crippen LogP contribution in [-0.2, 0) is 31.3 Å². The fraction of sp³-hybridized carbons (Fsp3) is 0.424. The predicted octanol–water partition coefficient (Wildman–Crippen LogP) is 9.01. The molecule has 0 saturated heterocycles. The Morgan fingerprint density at radius 1 is 0.861 bits per heavy atom. The molecule has 3 aromatic rings. The van der Waals surface area contributed by atoms with Crippen molar-refractivity contribution in [3.63, 3.8) is 0 Å². The van der Waals surface area contributed by atoms with Gasteiger partial charge < -0.3 is 5.11 Å². The van der Waals surface area contributed by atoms with Crippen molar-refractivity contribution in [2.45, 2.75) is 74.7 Å². The van der Waals surface area contributed by atoms with Gasteiger partial charge in [-0.15, -0.1) is 34.7 Å². The van der Waals surface area contributed by atoms with E-state index in [0.29, 0.717) is 30.6 Å². The fourth-order valence-corrected chi connectivity index (χ4v) is 4.21. The summed E-state index contributed by atoms with van der Waals surface area (Å²) in [5, 5.41) is 11.9. The number of hydrogen-bond acceptors (Lipinski definition) is 2. The largest absolute Gasteiger partial charge is 0.512 e. The Morgan fingerprint density at radius 3 is 2.11 bits per heavy atom. The second kappa shape index (κ2) is 15.1. The SMILES string of the molecule is CC(C)CC(=O)/C=C(\O)CC(C)C.Cc1[c-]c(-c2[c-]c3cccc(CC(C)C)c3cc2)cc(C)c1.[Ir]. The quantitative estimate of drug-likeness (QED) is 0.149. The van der Waals surface area contributed by atoms with Crippen LogP contribution in [0.3, 0.4) is 0 Å². The molecule has 0 aliphatic heterocycles. The number of aryl methyl sites for hydroxylation is 2. The van der Waals surface area contributed by atoms with Gasteiger partial charge in [0.1, 0.15) is 0 Å². The van der Waals surface area contributed by atoms with Crippen molar-refractivity contribution in [3.05, 3.63) is 83.1 Å². The van der Waals surface area contributed by atoms with Gasteiger partial charge >= 0.3 is 0 Å². The molecule has 0 aliphatic carbocycles. The summed E-state index contributed by atoms with van der Waals surface area (Å²) in [6, 6.07) is 22.3. The van der Waals surface area contributed by atoms with E-state index in [9.17, 15) is 9.90 Å². The molecule has 1 radical (unpaired) electrons. The summed E-state index contributed by atoms with van der Waals surface area (Å²) in [5.41, 5.74) is 6.12. The Morgan fingerprint density at radius 2 is 1.53 bits per heavy atom. The number of aliphatic hydroxyl groups excluding tert-OH is 1. The van der Waals surface area contributed by atoms with Crippen molar-refractivity contribution in [2.75, 3.05) is 0 Å². The molecule has 0 amide bonds. The van der Waals surface area contributed by atoms with Gasteiger partial charge in [0, 0.05) is 39.0 Å². The van der Waals surface area contributed by atoms with E-state index in [-0.39, 0.29) is 31.6 Å². The molecular weight excluding hydrogens is 621 g/mol. The van der Waals surface area contributed by atoms with Crippen molar-refractivity contribution < 1.29 is 30.0 Å². The van der Waals surface area contributed by atoms with Gasteiger partial charge in [-0.05, 0) is 24.2 Å². The third-order valence-corrected chi connectivity index (χ3v) is 5.50. The number of rotatable bonds is 8. The third-order valence-electron chi connectivity index (χ3n) is 5.50. The van der Waals surface area contributed by atoms with Gasteiger partial charge in [-0.1, -0.05) is 78.5 Å². The number of hydrogen-bond donors (Lipinski definition) is 1. The predicted molar refractivity (Wildman–Crippen MR) is 150 cm³/mol. The first-order chi connectivity index (χ1) is 16.4. The molecule has 0 fully saturated rings. The summed E-state index contributed by atoms with van der Waals surface area (Å²) in [6.45, 7) is 16.8. The smallest absolute Gasteiger partial charge is 0.159 e. The molecule has 0 aromatic heterocycles. The first kappa shape index (κ1) is 31.8. The van der Waals surface area contributed by atoms with Gasteiger partial charge in [0.05, 0.1) is 5.76 Å². The Bertz CT molecular complexity index is 1140. The van der Waals surface area contributed by atoms with Crippen LogP contribution in [0.5, 0.6) is 0 Å².